The van der Waals surface area contributed by atoms with E-state index in [4.69, 9.17) is 26.8 Å². The third-order valence-corrected chi connectivity index (χ3v) is 4.21. The molecule has 0 aromatic rings. The summed E-state index contributed by atoms with van der Waals surface area (Å²) in [6.07, 6.45) is -2.60. The summed E-state index contributed by atoms with van der Waals surface area (Å²) in [6.45, 7) is 0. The first-order valence-electron chi connectivity index (χ1n) is 9.00. The number of carboxylic acids is 3. The van der Waals surface area contributed by atoms with Crippen molar-refractivity contribution in [3.63, 3.8) is 0 Å². The first-order chi connectivity index (χ1) is 14.8. The molecule has 180 valence electrons. The van der Waals surface area contributed by atoms with Crippen molar-refractivity contribution >= 4 is 54.2 Å². The van der Waals surface area contributed by atoms with Crippen LogP contribution in [-0.4, -0.2) is 86.8 Å². The summed E-state index contributed by atoms with van der Waals surface area (Å²) in [6, 6.07) is -6.25. The van der Waals surface area contributed by atoms with Crippen LogP contribution in [0.1, 0.15) is 25.7 Å². The van der Waals surface area contributed by atoms with Crippen molar-refractivity contribution in [1.29, 1.82) is 0 Å². The second-order valence-corrected chi connectivity index (χ2v) is 6.88. The summed E-state index contributed by atoms with van der Waals surface area (Å²) in [7, 11) is 0. The molecule has 0 aliphatic rings. The molecule has 4 amide bonds. The molecule has 0 fully saturated rings. The number of amides is 4. The summed E-state index contributed by atoms with van der Waals surface area (Å²) in [4.78, 5) is 80.8. The predicted octanol–water partition coefficient (Wildman–Crippen LogP) is -4.00. The predicted molar refractivity (Wildman–Crippen MR) is 108 cm³/mol. The number of nitrogens with two attached hydrogens (primary N) is 2. The zero-order valence-corrected chi connectivity index (χ0v) is 17.5. The van der Waals surface area contributed by atoms with Crippen molar-refractivity contribution in [2.75, 3.05) is 5.75 Å². The first-order valence-corrected chi connectivity index (χ1v) is 9.63. The number of primary amides is 1. The van der Waals surface area contributed by atoms with Crippen LogP contribution in [0.3, 0.4) is 0 Å². The van der Waals surface area contributed by atoms with E-state index in [1.165, 1.54) is 0 Å². The van der Waals surface area contributed by atoms with Gasteiger partial charge in [0.2, 0.25) is 23.6 Å². The molecule has 15 nitrogen and oxygen atoms in total. The fraction of sp³-hybridized carbons (Fsp3) is 0.562. The topological polar surface area (TPSA) is 268 Å². The molecule has 0 unspecified atom stereocenters. The van der Waals surface area contributed by atoms with Gasteiger partial charge in [0.1, 0.15) is 18.1 Å². The number of aliphatic carboxylic acids is 3. The average molecular weight is 479 g/mol. The minimum Gasteiger partial charge on any atom is -0.481 e. The van der Waals surface area contributed by atoms with Crippen LogP contribution in [-0.2, 0) is 33.6 Å². The second-order valence-electron chi connectivity index (χ2n) is 6.51. The lowest BCUT2D eigenvalue weighted by Gasteiger charge is -2.24. The normalized spacial score (nSPS) is 14.2. The fourth-order valence-electron chi connectivity index (χ4n) is 2.24. The van der Waals surface area contributed by atoms with Gasteiger partial charge in [0.25, 0.3) is 0 Å². The van der Waals surface area contributed by atoms with Crippen molar-refractivity contribution in [3.8, 4) is 0 Å². The molecule has 0 aromatic carbocycles. The van der Waals surface area contributed by atoms with Crippen LogP contribution in [0.15, 0.2) is 0 Å². The van der Waals surface area contributed by atoms with Crippen molar-refractivity contribution in [2.45, 2.75) is 49.9 Å². The Balaban J connectivity index is 5.51. The van der Waals surface area contributed by atoms with Gasteiger partial charge in [-0.3, -0.25) is 28.8 Å². The number of hydrogen-bond acceptors (Lipinski definition) is 9. The summed E-state index contributed by atoms with van der Waals surface area (Å²) >= 11 is 3.77. The van der Waals surface area contributed by atoms with Gasteiger partial charge in [-0.05, 0) is 6.42 Å². The third kappa shape index (κ3) is 11.1. The zero-order chi connectivity index (χ0) is 25.0. The lowest BCUT2D eigenvalue weighted by atomic mass is 10.1. The highest BCUT2D eigenvalue weighted by Gasteiger charge is 2.31. The van der Waals surface area contributed by atoms with Gasteiger partial charge in [0.15, 0.2) is 0 Å². The number of hydrogen-bond donors (Lipinski definition) is 9. The van der Waals surface area contributed by atoms with Gasteiger partial charge < -0.3 is 42.7 Å². The fourth-order valence-corrected chi connectivity index (χ4v) is 2.49. The van der Waals surface area contributed by atoms with Crippen molar-refractivity contribution < 1.29 is 48.9 Å². The highest BCUT2D eigenvalue weighted by atomic mass is 32.1. The van der Waals surface area contributed by atoms with E-state index >= 15 is 0 Å². The second kappa shape index (κ2) is 13.8. The van der Waals surface area contributed by atoms with Gasteiger partial charge in [0.05, 0.1) is 18.9 Å². The molecule has 0 saturated heterocycles. The zero-order valence-electron chi connectivity index (χ0n) is 16.6. The smallest absolute Gasteiger partial charge is 0.327 e. The molecule has 0 aliphatic heterocycles. The Kier molecular flexibility index (Phi) is 12.3. The third-order valence-electron chi connectivity index (χ3n) is 3.85. The molecule has 0 radical (unpaired) electrons. The Labute approximate surface area is 186 Å². The summed E-state index contributed by atoms with van der Waals surface area (Å²) < 4.78 is 0. The maximum Gasteiger partial charge on any atom is 0.327 e. The first kappa shape index (κ1) is 28.6. The number of nitrogens with one attached hydrogen (secondary N) is 3. The Morgan fingerprint density at radius 1 is 0.750 bits per heavy atom. The molecule has 16 heteroatoms. The van der Waals surface area contributed by atoms with Crippen molar-refractivity contribution in [2.24, 2.45) is 11.5 Å². The lowest BCUT2D eigenvalue weighted by Crippen LogP contribution is -2.58. The van der Waals surface area contributed by atoms with Crippen molar-refractivity contribution in [3.05, 3.63) is 0 Å². The highest BCUT2D eigenvalue weighted by molar-refractivity contribution is 7.80. The quantitative estimate of drug-likeness (QED) is 0.102. The number of carbonyl (C=O) groups is 7. The monoisotopic (exact) mass is 479 g/mol. The van der Waals surface area contributed by atoms with E-state index in [0.717, 1.165) is 0 Å². The molecule has 0 bridgehead atoms. The number of rotatable bonds is 15. The van der Waals surface area contributed by atoms with Gasteiger partial charge in [-0.25, -0.2) is 4.79 Å². The molecule has 10 N–H and O–H groups in total. The molecule has 4 atom stereocenters. The molecule has 0 aromatic heterocycles. The van der Waals surface area contributed by atoms with Gasteiger partial charge in [-0.2, -0.15) is 12.6 Å². The van der Waals surface area contributed by atoms with E-state index in [2.05, 4.69) is 23.3 Å². The minimum atomic E-state index is -1.75. The summed E-state index contributed by atoms with van der Waals surface area (Å²) in [5.41, 5.74) is 10.4. The molecule has 0 heterocycles. The maximum atomic E-state index is 12.5. The Hall–Kier alpha value is -3.40. The molecular formula is C16H25N5O10S. The number of thiol groups is 1. The molecule has 0 rings (SSSR count). The number of carbonyl (C=O) groups excluding carboxylic acids is 4. The van der Waals surface area contributed by atoms with Gasteiger partial charge in [-0.15, -0.1) is 0 Å². The van der Waals surface area contributed by atoms with Crippen LogP contribution in [0.5, 0.6) is 0 Å². The minimum absolute atomic E-state index is 0.309. The van der Waals surface area contributed by atoms with Crippen LogP contribution < -0.4 is 27.4 Å². The molecule has 0 saturated carbocycles. The van der Waals surface area contributed by atoms with E-state index in [1.54, 1.807) is 0 Å². The standard InChI is InChI=1S/C16H25N5O10S/c17-6(3-10(18)22)13(27)20-8(4-12(25)26)15(29)19-7(1-2-11(23)24)14(28)21-9(5-32)16(30)31/h6-9,32H,1-5,17H2,(H2,18,22)(H,19,29)(H,20,27)(H,21,28)(H,23,24)(H,25,26)(H,30,31)/t6-,7-,8-,9-/m0/s1. The molecule has 0 spiro atoms. The van der Waals surface area contributed by atoms with Crippen LogP contribution in [0.25, 0.3) is 0 Å². The average Bonchev–Trinajstić information content (AvgIpc) is 2.66. The Bertz CT molecular complexity index is 761. The lowest BCUT2D eigenvalue weighted by molar-refractivity contribution is -0.143. The molecule has 0 aliphatic carbocycles. The Morgan fingerprint density at radius 3 is 1.69 bits per heavy atom. The van der Waals surface area contributed by atoms with Gasteiger partial charge >= 0.3 is 17.9 Å². The van der Waals surface area contributed by atoms with E-state index in [9.17, 15) is 33.6 Å². The van der Waals surface area contributed by atoms with Crippen LogP contribution in [0, 0.1) is 0 Å². The molecule has 32 heavy (non-hydrogen) atoms. The van der Waals surface area contributed by atoms with Gasteiger partial charge in [-0.1, -0.05) is 0 Å². The SMILES string of the molecule is NC(=O)C[C@H](N)C(=O)N[C@@H](CC(=O)O)C(=O)N[C@@H](CCC(=O)O)C(=O)N[C@@H](CS)C(=O)O. The van der Waals surface area contributed by atoms with Crippen LogP contribution >= 0.6 is 12.6 Å². The van der Waals surface area contributed by atoms with E-state index in [0.29, 0.717) is 0 Å². The van der Waals surface area contributed by atoms with E-state index in [-0.39, 0.29) is 5.75 Å². The highest BCUT2D eigenvalue weighted by Crippen LogP contribution is 2.03. The molecular weight excluding hydrogens is 454 g/mol. The van der Waals surface area contributed by atoms with E-state index < -0.39 is 91.4 Å². The summed E-state index contributed by atoms with van der Waals surface area (Å²) in [5, 5.41) is 33.0. The van der Waals surface area contributed by atoms with Crippen molar-refractivity contribution in [1.82, 2.24) is 16.0 Å². The van der Waals surface area contributed by atoms with E-state index in [1.807, 2.05) is 5.32 Å². The van der Waals surface area contributed by atoms with Gasteiger partial charge in [0, 0.05) is 12.2 Å². The summed E-state index contributed by atoms with van der Waals surface area (Å²) in [5.74, 6) is -8.82. The Morgan fingerprint density at radius 2 is 1.25 bits per heavy atom. The van der Waals surface area contributed by atoms with Crippen LogP contribution in [0.2, 0.25) is 0 Å². The van der Waals surface area contributed by atoms with Crippen LogP contribution in [0.4, 0.5) is 0 Å². The maximum absolute atomic E-state index is 12.5. The number of carboxylic acid groups (broad SMARTS) is 3. The largest absolute Gasteiger partial charge is 0.481 e.